The molecule has 0 amide bonds. The van der Waals surface area contributed by atoms with Crippen LogP contribution in [0.3, 0.4) is 0 Å². The van der Waals surface area contributed by atoms with Gasteiger partial charge in [-0.3, -0.25) is 4.79 Å². The number of aromatic nitrogens is 2. The average Bonchev–Trinajstić information content (AvgIpc) is 2.19. The third-order valence-electron chi connectivity index (χ3n) is 1.97. The molecule has 84 valence electrons. The van der Waals surface area contributed by atoms with E-state index >= 15 is 0 Å². The second-order valence-electron chi connectivity index (χ2n) is 3.63. The lowest BCUT2D eigenvalue weighted by Gasteiger charge is -2.09. The van der Waals surface area contributed by atoms with E-state index in [1.54, 1.807) is 17.0 Å². The van der Waals surface area contributed by atoms with E-state index in [2.05, 4.69) is 10.3 Å². The Morgan fingerprint density at radius 3 is 3.00 bits per heavy atom. The molecule has 0 saturated carbocycles. The van der Waals surface area contributed by atoms with Crippen molar-refractivity contribution < 1.29 is 0 Å². The molecule has 0 aliphatic rings. The normalized spacial score (nSPS) is 12.5. The zero-order valence-corrected chi connectivity index (χ0v) is 9.23. The number of aryl methyl sites for hydroxylation is 1. The van der Waals surface area contributed by atoms with Crippen LogP contribution in [0.2, 0.25) is 0 Å². The first-order chi connectivity index (χ1) is 7.15. The molecule has 5 nitrogen and oxygen atoms in total. The van der Waals surface area contributed by atoms with E-state index in [0.29, 0.717) is 18.9 Å². The van der Waals surface area contributed by atoms with Gasteiger partial charge < -0.3 is 15.6 Å². The summed E-state index contributed by atoms with van der Waals surface area (Å²) in [6, 6.07) is 0.00558. The van der Waals surface area contributed by atoms with Crippen LogP contribution in [0.15, 0.2) is 17.2 Å². The minimum atomic E-state index is -0.0833. The fourth-order valence-corrected chi connectivity index (χ4v) is 1.24. The van der Waals surface area contributed by atoms with Crippen molar-refractivity contribution >= 4 is 5.82 Å². The number of rotatable bonds is 5. The van der Waals surface area contributed by atoms with Crippen LogP contribution in [-0.4, -0.2) is 22.1 Å². The third kappa shape index (κ3) is 3.36. The van der Waals surface area contributed by atoms with Gasteiger partial charge in [0.15, 0.2) is 5.82 Å². The standard InChI is InChI=1S/C10H18N4O/c1-3-5-14-6-4-12-9(10(14)15)13-7-8(2)11/h4,6,8H,3,5,7,11H2,1-2H3,(H,12,13). The topological polar surface area (TPSA) is 72.9 Å². The molecule has 15 heavy (non-hydrogen) atoms. The third-order valence-corrected chi connectivity index (χ3v) is 1.97. The minimum absolute atomic E-state index is 0.00558. The predicted octanol–water partition coefficient (Wildman–Crippen LogP) is 0.412. The first-order valence-corrected chi connectivity index (χ1v) is 5.20. The van der Waals surface area contributed by atoms with E-state index in [1.807, 2.05) is 13.8 Å². The van der Waals surface area contributed by atoms with Gasteiger partial charge in [0.25, 0.3) is 5.56 Å². The lowest BCUT2D eigenvalue weighted by atomic mass is 10.3. The summed E-state index contributed by atoms with van der Waals surface area (Å²) in [5.41, 5.74) is 5.50. The predicted molar refractivity (Wildman–Crippen MR) is 60.9 cm³/mol. The Labute approximate surface area is 89.3 Å². The maximum absolute atomic E-state index is 11.8. The summed E-state index contributed by atoms with van der Waals surface area (Å²) in [5.74, 6) is 0.378. The molecular formula is C10H18N4O. The van der Waals surface area contributed by atoms with Crippen LogP contribution in [0.4, 0.5) is 5.82 Å². The number of nitrogens with zero attached hydrogens (tertiary/aromatic N) is 2. The number of anilines is 1. The number of nitrogens with one attached hydrogen (secondary N) is 1. The van der Waals surface area contributed by atoms with Gasteiger partial charge in [-0.15, -0.1) is 0 Å². The van der Waals surface area contributed by atoms with Gasteiger partial charge in [-0.1, -0.05) is 6.92 Å². The Morgan fingerprint density at radius 1 is 1.67 bits per heavy atom. The van der Waals surface area contributed by atoms with E-state index in [1.165, 1.54) is 0 Å². The van der Waals surface area contributed by atoms with Crippen molar-refractivity contribution in [2.24, 2.45) is 5.73 Å². The summed E-state index contributed by atoms with van der Waals surface area (Å²) in [6.45, 7) is 5.18. The smallest absolute Gasteiger partial charge is 0.293 e. The van der Waals surface area contributed by atoms with E-state index in [0.717, 1.165) is 6.42 Å². The van der Waals surface area contributed by atoms with Crippen molar-refractivity contribution in [3.63, 3.8) is 0 Å². The van der Waals surface area contributed by atoms with E-state index in [-0.39, 0.29) is 11.6 Å². The van der Waals surface area contributed by atoms with Crippen LogP contribution in [0, 0.1) is 0 Å². The number of hydrogen-bond donors (Lipinski definition) is 2. The molecule has 0 bridgehead atoms. The maximum atomic E-state index is 11.8. The van der Waals surface area contributed by atoms with Crippen LogP contribution in [0.1, 0.15) is 20.3 Å². The maximum Gasteiger partial charge on any atom is 0.293 e. The Morgan fingerprint density at radius 2 is 2.40 bits per heavy atom. The van der Waals surface area contributed by atoms with Crippen LogP contribution in [-0.2, 0) is 6.54 Å². The zero-order valence-electron chi connectivity index (χ0n) is 9.23. The molecule has 1 atom stereocenters. The lowest BCUT2D eigenvalue weighted by Crippen LogP contribution is -2.30. The summed E-state index contributed by atoms with van der Waals surface area (Å²) in [7, 11) is 0. The highest BCUT2D eigenvalue weighted by Crippen LogP contribution is 1.94. The quantitative estimate of drug-likeness (QED) is 0.738. The van der Waals surface area contributed by atoms with Gasteiger partial charge in [-0.2, -0.15) is 0 Å². The Kier molecular flexibility index (Phi) is 4.30. The van der Waals surface area contributed by atoms with Crippen molar-refractivity contribution in [3.05, 3.63) is 22.7 Å². The molecule has 1 rings (SSSR count). The second-order valence-corrected chi connectivity index (χ2v) is 3.63. The van der Waals surface area contributed by atoms with Crippen LogP contribution in [0.25, 0.3) is 0 Å². The molecule has 0 aliphatic carbocycles. The molecule has 1 aromatic heterocycles. The van der Waals surface area contributed by atoms with Crippen molar-refractivity contribution in [2.75, 3.05) is 11.9 Å². The highest BCUT2D eigenvalue weighted by molar-refractivity contribution is 5.30. The molecule has 0 saturated heterocycles. The highest BCUT2D eigenvalue weighted by atomic mass is 16.1. The summed E-state index contributed by atoms with van der Waals surface area (Å²) in [6.07, 6.45) is 4.25. The molecule has 5 heteroatoms. The first kappa shape index (κ1) is 11.7. The molecule has 1 heterocycles. The molecule has 1 unspecified atom stereocenters. The molecule has 0 aromatic carbocycles. The van der Waals surface area contributed by atoms with Crippen molar-refractivity contribution in [3.8, 4) is 0 Å². The van der Waals surface area contributed by atoms with Gasteiger partial charge in [-0.05, 0) is 13.3 Å². The van der Waals surface area contributed by atoms with Gasteiger partial charge >= 0.3 is 0 Å². The van der Waals surface area contributed by atoms with Gasteiger partial charge in [0.05, 0.1) is 0 Å². The molecular weight excluding hydrogens is 192 g/mol. The van der Waals surface area contributed by atoms with Crippen molar-refractivity contribution in [2.45, 2.75) is 32.9 Å². The van der Waals surface area contributed by atoms with Gasteiger partial charge in [0.1, 0.15) is 0 Å². The Bertz CT molecular complexity index is 359. The first-order valence-electron chi connectivity index (χ1n) is 5.20. The molecule has 0 aliphatic heterocycles. The molecule has 0 spiro atoms. The average molecular weight is 210 g/mol. The van der Waals surface area contributed by atoms with Crippen LogP contribution < -0.4 is 16.6 Å². The van der Waals surface area contributed by atoms with E-state index in [4.69, 9.17) is 5.73 Å². The van der Waals surface area contributed by atoms with Crippen LogP contribution in [0.5, 0.6) is 0 Å². The van der Waals surface area contributed by atoms with Crippen molar-refractivity contribution in [1.82, 2.24) is 9.55 Å². The lowest BCUT2D eigenvalue weighted by molar-refractivity contribution is 0.648. The van der Waals surface area contributed by atoms with Gasteiger partial charge in [0.2, 0.25) is 0 Å². The van der Waals surface area contributed by atoms with Crippen molar-refractivity contribution in [1.29, 1.82) is 0 Å². The minimum Gasteiger partial charge on any atom is -0.364 e. The Hall–Kier alpha value is -1.36. The van der Waals surface area contributed by atoms with E-state index < -0.39 is 0 Å². The number of hydrogen-bond acceptors (Lipinski definition) is 4. The second kappa shape index (κ2) is 5.50. The zero-order chi connectivity index (χ0) is 11.3. The SMILES string of the molecule is CCCn1ccnc(NCC(C)N)c1=O. The molecule has 1 aromatic rings. The summed E-state index contributed by atoms with van der Waals surface area (Å²) < 4.78 is 1.65. The fraction of sp³-hybridized carbons (Fsp3) is 0.600. The monoisotopic (exact) mass is 210 g/mol. The molecule has 3 N–H and O–H groups in total. The van der Waals surface area contributed by atoms with Crippen LogP contribution >= 0.6 is 0 Å². The summed E-state index contributed by atoms with van der Waals surface area (Å²) in [5, 5.41) is 2.94. The molecule has 0 fully saturated rings. The van der Waals surface area contributed by atoms with Gasteiger partial charge in [0, 0.05) is 31.5 Å². The van der Waals surface area contributed by atoms with Gasteiger partial charge in [-0.25, -0.2) is 4.98 Å². The fourth-order valence-electron chi connectivity index (χ4n) is 1.24. The van der Waals surface area contributed by atoms with E-state index in [9.17, 15) is 4.79 Å². The molecule has 0 radical (unpaired) electrons. The summed E-state index contributed by atoms with van der Waals surface area (Å²) >= 11 is 0. The Balaban J connectivity index is 2.80. The summed E-state index contributed by atoms with van der Waals surface area (Å²) in [4.78, 5) is 15.8. The largest absolute Gasteiger partial charge is 0.364 e. The number of nitrogens with two attached hydrogens (primary N) is 1. The highest BCUT2D eigenvalue weighted by Gasteiger charge is 2.03.